The number of hydrogen-bond donors (Lipinski definition) is 1. The molecule has 2 amide bonds. The maximum absolute atomic E-state index is 11.6. The highest BCUT2D eigenvalue weighted by Gasteiger charge is 2.05. The molecule has 0 bridgehead atoms. The summed E-state index contributed by atoms with van der Waals surface area (Å²) in [5.74, 6) is -0.159. The van der Waals surface area contributed by atoms with Crippen molar-refractivity contribution in [3.05, 3.63) is 46.7 Å². The van der Waals surface area contributed by atoms with Gasteiger partial charge < -0.3 is 14.6 Å². The van der Waals surface area contributed by atoms with Crippen molar-refractivity contribution in [3.8, 4) is 5.75 Å². The molecule has 0 aliphatic rings. The van der Waals surface area contributed by atoms with Gasteiger partial charge in [-0.3, -0.25) is 9.59 Å². The van der Waals surface area contributed by atoms with Gasteiger partial charge in [0.25, 0.3) is 11.8 Å². The second kappa shape index (κ2) is 7.39. The SMILES string of the molecule is Cn1ccsc1=NC(=O)CNC(=O)COc1ccccc1. The number of benzene rings is 1. The lowest BCUT2D eigenvalue weighted by atomic mass is 10.3. The van der Waals surface area contributed by atoms with Crippen molar-refractivity contribution in [2.75, 3.05) is 13.2 Å². The molecule has 110 valence electrons. The van der Waals surface area contributed by atoms with Crippen LogP contribution in [-0.2, 0) is 16.6 Å². The Hall–Kier alpha value is -2.41. The van der Waals surface area contributed by atoms with Crippen molar-refractivity contribution >= 4 is 23.2 Å². The lowest BCUT2D eigenvalue weighted by Gasteiger charge is -2.05. The van der Waals surface area contributed by atoms with Gasteiger partial charge in [0.1, 0.15) is 5.75 Å². The van der Waals surface area contributed by atoms with E-state index >= 15 is 0 Å². The third kappa shape index (κ3) is 4.88. The monoisotopic (exact) mass is 305 g/mol. The van der Waals surface area contributed by atoms with Crippen LogP contribution in [0.1, 0.15) is 0 Å². The molecule has 0 aliphatic carbocycles. The second-order valence-electron chi connectivity index (χ2n) is 4.18. The molecule has 21 heavy (non-hydrogen) atoms. The molecular formula is C14H15N3O3S. The van der Waals surface area contributed by atoms with Gasteiger partial charge in [-0.25, -0.2) is 0 Å². The van der Waals surface area contributed by atoms with Crippen molar-refractivity contribution in [3.63, 3.8) is 0 Å². The van der Waals surface area contributed by atoms with Crippen LogP contribution in [0.4, 0.5) is 0 Å². The fourth-order valence-corrected chi connectivity index (χ4v) is 2.22. The summed E-state index contributed by atoms with van der Waals surface area (Å²) in [5.41, 5.74) is 0. The molecule has 0 saturated heterocycles. The van der Waals surface area contributed by atoms with Crippen LogP contribution in [0.2, 0.25) is 0 Å². The van der Waals surface area contributed by atoms with Crippen LogP contribution in [0.3, 0.4) is 0 Å². The van der Waals surface area contributed by atoms with Gasteiger partial charge in [-0.05, 0) is 12.1 Å². The number of hydrogen-bond acceptors (Lipinski definition) is 4. The molecule has 1 N–H and O–H groups in total. The summed E-state index contributed by atoms with van der Waals surface area (Å²) in [5, 5.41) is 4.30. The molecule has 1 heterocycles. The van der Waals surface area contributed by atoms with E-state index in [1.165, 1.54) is 11.3 Å². The minimum atomic E-state index is -0.402. The zero-order valence-electron chi connectivity index (χ0n) is 11.5. The average molecular weight is 305 g/mol. The van der Waals surface area contributed by atoms with Crippen molar-refractivity contribution in [2.45, 2.75) is 0 Å². The predicted molar refractivity (Wildman–Crippen MR) is 78.8 cm³/mol. The third-order valence-corrected chi connectivity index (χ3v) is 3.38. The van der Waals surface area contributed by atoms with Gasteiger partial charge in [0.05, 0.1) is 6.54 Å². The molecule has 0 aliphatic heterocycles. The third-order valence-electron chi connectivity index (χ3n) is 2.53. The van der Waals surface area contributed by atoms with E-state index in [-0.39, 0.29) is 19.1 Å². The van der Waals surface area contributed by atoms with E-state index in [1.54, 1.807) is 23.7 Å². The molecule has 1 aromatic heterocycles. The maximum atomic E-state index is 11.6. The predicted octanol–water partition coefficient (Wildman–Crippen LogP) is 0.709. The average Bonchev–Trinajstić information content (AvgIpc) is 2.89. The second-order valence-corrected chi connectivity index (χ2v) is 5.05. The first-order valence-electron chi connectivity index (χ1n) is 6.27. The molecule has 0 spiro atoms. The summed E-state index contributed by atoms with van der Waals surface area (Å²) in [4.78, 5) is 27.7. The Morgan fingerprint density at radius 1 is 1.33 bits per heavy atom. The molecule has 7 heteroatoms. The number of rotatable bonds is 5. The first-order valence-corrected chi connectivity index (χ1v) is 7.15. The van der Waals surface area contributed by atoms with Crippen LogP contribution >= 0.6 is 11.3 Å². The standard InChI is InChI=1S/C14H15N3O3S/c1-17-7-8-21-14(17)16-12(18)9-15-13(19)10-20-11-5-3-2-4-6-11/h2-8H,9-10H2,1H3,(H,15,19). The number of amides is 2. The normalized spacial score (nSPS) is 11.2. The van der Waals surface area contributed by atoms with Gasteiger partial charge >= 0.3 is 0 Å². The van der Waals surface area contributed by atoms with Gasteiger partial charge in [0.15, 0.2) is 11.4 Å². The van der Waals surface area contributed by atoms with Crippen LogP contribution in [0, 0.1) is 0 Å². The first-order chi connectivity index (χ1) is 10.1. The lowest BCUT2D eigenvalue weighted by molar-refractivity contribution is -0.126. The summed E-state index contributed by atoms with van der Waals surface area (Å²) in [6.45, 7) is -0.279. The zero-order valence-corrected chi connectivity index (χ0v) is 12.3. The Balaban J connectivity index is 1.77. The number of ether oxygens (including phenoxy) is 1. The van der Waals surface area contributed by atoms with Crippen molar-refractivity contribution in [1.82, 2.24) is 9.88 Å². The fourth-order valence-electron chi connectivity index (χ4n) is 1.47. The molecule has 2 rings (SSSR count). The van der Waals surface area contributed by atoms with E-state index in [0.29, 0.717) is 10.6 Å². The Kier molecular flexibility index (Phi) is 5.28. The smallest absolute Gasteiger partial charge is 0.267 e. The Bertz CT molecular complexity index is 676. The van der Waals surface area contributed by atoms with E-state index in [9.17, 15) is 9.59 Å². The van der Waals surface area contributed by atoms with Gasteiger partial charge in [-0.1, -0.05) is 18.2 Å². The number of nitrogens with zero attached hydrogens (tertiary/aromatic N) is 2. The maximum Gasteiger partial charge on any atom is 0.267 e. The van der Waals surface area contributed by atoms with Crippen LogP contribution in [0.25, 0.3) is 0 Å². The molecule has 0 saturated carbocycles. The minimum Gasteiger partial charge on any atom is -0.484 e. The summed E-state index contributed by atoms with van der Waals surface area (Å²) in [7, 11) is 1.80. The van der Waals surface area contributed by atoms with Crippen molar-refractivity contribution < 1.29 is 14.3 Å². The summed E-state index contributed by atoms with van der Waals surface area (Å²) >= 11 is 1.36. The zero-order chi connectivity index (χ0) is 15.1. The highest BCUT2D eigenvalue weighted by Crippen LogP contribution is 2.07. The quantitative estimate of drug-likeness (QED) is 0.884. The molecule has 0 atom stereocenters. The van der Waals surface area contributed by atoms with Crippen LogP contribution in [0.15, 0.2) is 46.9 Å². The molecule has 0 fully saturated rings. The summed E-state index contributed by atoms with van der Waals surface area (Å²) in [6, 6.07) is 9.00. The number of nitrogens with one attached hydrogen (secondary N) is 1. The number of aromatic nitrogens is 1. The van der Waals surface area contributed by atoms with E-state index in [2.05, 4.69) is 10.3 Å². The number of para-hydroxylation sites is 1. The Labute approximate surface area is 125 Å². The first kappa shape index (κ1) is 15.0. The van der Waals surface area contributed by atoms with Crippen molar-refractivity contribution in [1.29, 1.82) is 0 Å². The molecule has 0 radical (unpaired) electrons. The highest BCUT2D eigenvalue weighted by molar-refractivity contribution is 7.07. The van der Waals surface area contributed by atoms with E-state index in [1.807, 2.05) is 29.8 Å². The minimum absolute atomic E-state index is 0.135. The van der Waals surface area contributed by atoms with Crippen molar-refractivity contribution in [2.24, 2.45) is 12.0 Å². The Morgan fingerprint density at radius 3 is 2.76 bits per heavy atom. The number of carbonyl (C=O) groups is 2. The van der Waals surface area contributed by atoms with Gasteiger partial charge in [0, 0.05) is 18.6 Å². The highest BCUT2D eigenvalue weighted by atomic mass is 32.1. The number of aryl methyl sites for hydroxylation is 1. The molecule has 1 aromatic carbocycles. The molecule has 2 aromatic rings. The lowest BCUT2D eigenvalue weighted by Crippen LogP contribution is -2.33. The molecular weight excluding hydrogens is 290 g/mol. The van der Waals surface area contributed by atoms with Crippen LogP contribution < -0.4 is 14.9 Å². The fraction of sp³-hybridized carbons (Fsp3) is 0.214. The van der Waals surface area contributed by atoms with Gasteiger partial charge in [-0.15, -0.1) is 11.3 Å². The molecule has 0 unspecified atom stereocenters. The van der Waals surface area contributed by atoms with E-state index in [0.717, 1.165) is 0 Å². The molecule has 6 nitrogen and oxygen atoms in total. The topological polar surface area (TPSA) is 72.7 Å². The summed E-state index contributed by atoms with van der Waals surface area (Å²) in [6.07, 6.45) is 1.81. The van der Waals surface area contributed by atoms with Crippen LogP contribution in [-0.4, -0.2) is 29.5 Å². The number of thiazole rings is 1. The van der Waals surface area contributed by atoms with E-state index in [4.69, 9.17) is 4.74 Å². The van der Waals surface area contributed by atoms with Crippen LogP contribution in [0.5, 0.6) is 5.75 Å². The van der Waals surface area contributed by atoms with Gasteiger partial charge in [0.2, 0.25) is 0 Å². The summed E-state index contributed by atoms with van der Waals surface area (Å²) < 4.78 is 7.01. The largest absolute Gasteiger partial charge is 0.484 e. The Morgan fingerprint density at radius 2 is 2.10 bits per heavy atom. The number of carbonyl (C=O) groups excluding carboxylic acids is 2. The van der Waals surface area contributed by atoms with Gasteiger partial charge in [-0.2, -0.15) is 4.99 Å². The van der Waals surface area contributed by atoms with E-state index < -0.39 is 5.91 Å².